The molecule has 2 N–H and O–H groups in total. The Morgan fingerprint density at radius 3 is 2.04 bits per heavy atom. The number of sulfone groups is 1. The summed E-state index contributed by atoms with van der Waals surface area (Å²) in [5.74, 6) is -0.316. The second kappa shape index (κ2) is 7.69. The zero-order chi connectivity index (χ0) is 20.4. The van der Waals surface area contributed by atoms with Gasteiger partial charge in [0.2, 0.25) is 10.0 Å². The standard InChI is InChI=1S/C18H22N2O5S2/c1-12-11-15(7-10-17(12)20-27(4,24)25)18(21)19-13(2)14-5-8-16(9-6-14)26(3,22)23/h5-11,13,20H,1-4H3,(H,19,21)/t13-/m1/s1. The molecule has 0 unspecified atom stereocenters. The molecule has 0 heterocycles. The third-order valence-corrected chi connectivity index (χ3v) is 5.66. The number of carbonyl (C=O) groups excluding carboxylic acids is 1. The highest BCUT2D eigenvalue weighted by atomic mass is 32.2. The van der Waals surface area contributed by atoms with Crippen LogP contribution in [0.2, 0.25) is 0 Å². The van der Waals surface area contributed by atoms with Gasteiger partial charge in [-0.2, -0.15) is 0 Å². The average molecular weight is 411 g/mol. The molecular formula is C18H22N2O5S2. The third-order valence-electron chi connectivity index (χ3n) is 3.94. The quantitative estimate of drug-likeness (QED) is 0.759. The zero-order valence-corrected chi connectivity index (χ0v) is 17.1. The average Bonchev–Trinajstić information content (AvgIpc) is 2.54. The Balaban J connectivity index is 2.13. The lowest BCUT2D eigenvalue weighted by Gasteiger charge is -2.16. The summed E-state index contributed by atoms with van der Waals surface area (Å²) in [6, 6.07) is 10.7. The van der Waals surface area contributed by atoms with E-state index in [4.69, 9.17) is 0 Å². The molecule has 0 fully saturated rings. The second-order valence-corrected chi connectivity index (χ2v) is 10.2. The third kappa shape index (κ3) is 5.80. The minimum Gasteiger partial charge on any atom is -0.346 e. The molecule has 0 spiro atoms. The minimum absolute atomic E-state index is 0.217. The normalized spacial score (nSPS) is 13.0. The van der Waals surface area contributed by atoms with Crippen molar-refractivity contribution in [2.24, 2.45) is 0 Å². The van der Waals surface area contributed by atoms with Crippen LogP contribution in [0.5, 0.6) is 0 Å². The van der Waals surface area contributed by atoms with E-state index in [1.165, 1.54) is 24.3 Å². The molecule has 0 aliphatic heterocycles. The lowest BCUT2D eigenvalue weighted by molar-refractivity contribution is 0.0940. The molecular weight excluding hydrogens is 388 g/mol. The Hall–Kier alpha value is -2.39. The first kappa shape index (κ1) is 20.9. The Morgan fingerprint density at radius 2 is 1.56 bits per heavy atom. The number of amides is 1. The van der Waals surface area contributed by atoms with Crippen LogP contribution in [0, 0.1) is 6.92 Å². The molecule has 0 aliphatic rings. The first-order valence-electron chi connectivity index (χ1n) is 8.06. The lowest BCUT2D eigenvalue weighted by Crippen LogP contribution is -2.26. The number of anilines is 1. The summed E-state index contributed by atoms with van der Waals surface area (Å²) in [5, 5.41) is 2.84. The molecule has 7 nitrogen and oxygen atoms in total. The molecule has 0 radical (unpaired) electrons. The monoisotopic (exact) mass is 410 g/mol. The Morgan fingerprint density at radius 1 is 0.963 bits per heavy atom. The van der Waals surface area contributed by atoms with Crippen molar-refractivity contribution < 1.29 is 21.6 Å². The van der Waals surface area contributed by atoms with Crippen LogP contribution in [-0.4, -0.2) is 35.3 Å². The maximum absolute atomic E-state index is 12.5. The highest BCUT2D eigenvalue weighted by molar-refractivity contribution is 7.92. The SMILES string of the molecule is Cc1cc(C(=O)N[C@H](C)c2ccc(S(C)(=O)=O)cc2)ccc1NS(C)(=O)=O. The van der Waals surface area contributed by atoms with Crippen LogP contribution in [0.1, 0.15) is 34.5 Å². The van der Waals surface area contributed by atoms with Crippen molar-refractivity contribution in [2.75, 3.05) is 17.2 Å². The molecule has 27 heavy (non-hydrogen) atoms. The van der Waals surface area contributed by atoms with E-state index >= 15 is 0 Å². The van der Waals surface area contributed by atoms with Crippen LogP contribution in [0.3, 0.4) is 0 Å². The van der Waals surface area contributed by atoms with Crippen molar-refractivity contribution in [3.05, 3.63) is 59.2 Å². The molecule has 0 aliphatic carbocycles. The highest BCUT2D eigenvalue weighted by Gasteiger charge is 2.14. The number of carbonyl (C=O) groups is 1. The number of benzene rings is 2. The molecule has 1 atom stereocenters. The maximum atomic E-state index is 12.5. The topological polar surface area (TPSA) is 109 Å². The van der Waals surface area contributed by atoms with Crippen molar-refractivity contribution in [1.82, 2.24) is 5.32 Å². The van der Waals surface area contributed by atoms with Gasteiger partial charge < -0.3 is 5.32 Å². The Bertz CT molecular complexity index is 1060. The van der Waals surface area contributed by atoms with E-state index in [1.54, 1.807) is 32.0 Å². The second-order valence-electron chi connectivity index (χ2n) is 6.44. The number of rotatable bonds is 6. The Labute approximate surface area is 159 Å². The van der Waals surface area contributed by atoms with Crippen LogP contribution in [-0.2, 0) is 19.9 Å². The summed E-state index contributed by atoms with van der Waals surface area (Å²) in [7, 11) is -6.66. The van der Waals surface area contributed by atoms with Gasteiger partial charge in [0.1, 0.15) is 0 Å². The molecule has 0 bridgehead atoms. The van der Waals surface area contributed by atoms with Gasteiger partial charge in [-0.25, -0.2) is 16.8 Å². The highest BCUT2D eigenvalue weighted by Crippen LogP contribution is 2.20. The summed E-state index contributed by atoms with van der Waals surface area (Å²) < 4.78 is 48.1. The van der Waals surface area contributed by atoms with Gasteiger partial charge in [-0.1, -0.05) is 12.1 Å². The summed E-state index contributed by atoms with van der Waals surface area (Å²) in [6.07, 6.45) is 2.20. The molecule has 1 amide bonds. The fraction of sp³-hybridized carbons (Fsp3) is 0.278. The van der Waals surface area contributed by atoms with Crippen LogP contribution in [0.4, 0.5) is 5.69 Å². The molecule has 0 aromatic heterocycles. The first-order chi connectivity index (χ1) is 12.4. The Kier molecular flexibility index (Phi) is 5.96. The van der Waals surface area contributed by atoms with Crippen LogP contribution < -0.4 is 10.0 Å². The van der Waals surface area contributed by atoms with Gasteiger partial charge in [0, 0.05) is 11.8 Å². The molecule has 2 aromatic carbocycles. The van der Waals surface area contributed by atoms with Crippen molar-refractivity contribution in [3.63, 3.8) is 0 Å². The van der Waals surface area contributed by atoms with E-state index in [-0.39, 0.29) is 16.8 Å². The molecule has 0 saturated heterocycles. The van der Waals surface area contributed by atoms with Crippen LogP contribution in [0.25, 0.3) is 0 Å². The van der Waals surface area contributed by atoms with Crippen molar-refractivity contribution in [1.29, 1.82) is 0 Å². The van der Waals surface area contributed by atoms with Gasteiger partial charge in [0.15, 0.2) is 9.84 Å². The maximum Gasteiger partial charge on any atom is 0.251 e. The van der Waals surface area contributed by atoms with E-state index in [1.807, 2.05) is 0 Å². The smallest absolute Gasteiger partial charge is 0.251 e. The molecule has 2 aromatic rings. The fourth-order valence-electron chi connectivity index (χ4n) is 2.49. The zero-order valence-electron chi connectivity index (χ0n) is 15.5. The van der Waals surface area contributed by atoms with Gasteiger partial charge in [-0.15, -0.1) is 0 Å². The molecule has 146 valence electrons. The number of nitrogens with one attached hydrogen (secondary N) is 2. The number of aryl methyl sites for hydroxylation is 1. The lowest BCUT2D eigenvalue weighted by atomic mass is 10.1. The van der Waals surface area contributed by atoms with Crippen molar-refractivity contribution in [2.45, 2.75) is 24.8 Å². The van der Waals surface area contributed by atoms with Gasteiger partial charge >= 0.3 is 0 Å². The van der Waals surface area contributed by atoms with E-state index in [0.29, 0.717) is 16.8 Å². The number of hydrogen-bond acceptors (Lipinski definition) is 5. The van der Waals surface area contributed by atoms with E-state index < -0.39 is 19.9 Å². The number of hydrogen-bond donors (Lipinski definition) is 2. The minimum atomic E-state index is -3.40. The molecule has 2 rings (SSSR count). The summed E-state index contributed by atoms with van der Waals surface area (Å²) >= 11 is 0. The van der Waals surface area contributed by atoms with Gasteiger partial charge in [0.25, 0.3) is 5.91 Å². The van der Waals surface area contributed by atoms with Crippen molar-refractivity contribution >= 4 is 31.5 Å². The van der Waals surface area contributed by atoms with E-state index in [0.717, 1.165) is 18.1 Å². The molecule has 0 saturated carbocycles. The van der Waals surface area contributed by atoms with Crippen LogP contribution >= 0.6 is 0 Å². The van der Waals surface area contributed by atoms with E-state index in [9.17, 15) is 21.6 Å². The van der Waals surface area contributed by atoms with E-state index in [2.05, 4.69) is 10.0 Å². The largest absolute Gasteiger partial charge is 0.346 e. The number of sulfonamides is 1. The van der Waals surface area contributed by atoms with Gasteiger partial charge in [-0.05, 0) is 55.3 Å². The summed E-state index contributed by atoms with van der Waals surface area (Å²) in [4.78, 5) is 12.7. The van der Waals surface area contributed by atoms with Crippen LogP contribution in [0.15, 0.2) is 47.4 Å². The first-order valence-corrected chi connectivity index (χ1v) is 11.8. The van der Waals surface area contributed by atoms with Crippen molar-refractivity contribution in [3.8, 4) is 0 Å². The predicted molar refractivity (Wildman–Crippen MR) is 105 cm³/mol. The summed E-state index contributed by atoms with van der Waals surface area (Å²) in [6.45, 7) is 3.50. The fourth-order valence-corrected chi connectivity index (χ4v) is 3.75. The molecule has 9 heteroatoms. The van der Waals surface area contributed by atoms with Gasteiger partial charge in [0.05, 0.1) is 22.9 Å². The predicted octanol–water partition coefficient (Wildman–Crippen LogP) is 2.26. The summed E-state index contributed by atoms with van der Waals surface area (Å²) in [5.41, 5.74) is 2.20. The van der Waals surface area contributed by atoms with Gasteiger partial charge in [-0.3, -0.25) is 9.52 Å².